The Bertz CT molecular complexity index is 117. The van der Waals surface area contributed by atoms with Crippen molar-refractivity contribution in [3.8, 4) is 0 Å². The summed E-state index contributed by atoms with van der Waals surface area (Å²) in [6.07, 6.45) is 9.53. The molecular formula is C12H23O2. The molecule has 0 spiro atoms. The van der Waals surface area contributed by atoms with Crippen molar-refractivity contribution in [2.75, 3.05) is 26.9 Å². The fourth-order valence-corrected chi connectivity index (χ4v) is 1.91. The Balaban J connectivity index is 2.02. The molecule has 1 aliphatic carbocycles. The zero-order valence-corrected chi connectivity index (χ0v) is 9.39. The number of hydrogen-bond donors (Lipinski definition) is 0. The van der Waals surface area contributed by atoms with E-state index in [1.165, 1.54) is 44.9 Å². The second kappa shape index (κ2) is 8.25. The average molecular weight is 199 g/mol. The van der Waals surface area contributed by atoms with E-state index in [4.69, 9.17) is 9.47 Å². The highest BCUT2D eigenvalue weighted by atomic mass is 16.5. The summed E-state index contributed by atoms with van der Waals surface area (Å²) in [7, 11) is 1.71. The van der Waals surface area contributed by atoms with Gasteiger partial charge in [-0.15, -0.1) is 0 Å². The highest BCUT2D eigenvalue weighted by Gasteiger charge is 2.11. The summed E-state index contributed by atoms with van der Waals surface area (Å²) in [6, 6.07) is 0. The molecule has 0 aromatic carbocycles. The molecule has 0 bridgehead atoms. The molecule has 1 aliphatic rings. The molecule has 83 valence electrons. The molecule has 0 atom stereocenters. The predicted molar refractivity (Wildman–Crippen MR) is 58.3 cm³/mol. The van der Waals surface area contributed by atoms with Crippen LogP contribution < -0.4 is 0 Å². The van der Waals surface area contributed by atoms with Gasteiger partial charge in [0.1, 0.15) is 0 Å². The molecule has 2 nitrogen and oxygen atoms in total. The zero-order chi connectivity index (χ0) is 10.1. The Hall–Kier alpha value is -0.0800. The molecule has 0 aromatic rings. The van der Waals surface area contributed by atoms with Gasteiger partial charge in [0.15, 0.2) is 0 Å². The molecule has 1 saturated carbocycles. The summed E-state index contributed by atoms with van der Waals surface area (Å²) in [4.78, 5) is 0. The minimum absolute atomic E-state index is 0.716. The molecule has 2 heteroatoms. The lowest BCUT2D eigenvalue weighted by atomic mass is 9.92. The van der Waals surface area contributed by atoms with Gasteiger partial charge in [-0.25, -0.2) is 0 Å². The van der Waals surface area contributed by atoms with Crippen LogP contribution in [0, 0.1) is 5.92 Å². The van der Waals surface area contributed by atoms with Crippen LogP contribution >= 0.6 is 0 Å². The molecule has 0 aliphatic heterocycles. The predicted octanol–water partition coefficient (Wildman–Crippen LogP) is 2.97. The van der Waals surface area contributed by atoms with Gasteiger partial charge in [0.05, 0.1) is 19.8 Å². The van der Waals surface area contributed by atoms with E-state index in [0.29, 0.717) is 6.61 Å². The van der Waals surface area contributed by atoms with Crippen molar-refractivity contribution in [3.05, 3.63) is 5.92 Å². The first-order chi connectivity index (χ1) is 6.93. The van der Waals surface area contributed by atoms with Crippen molar-refractivity contribution in [2.45, 2.75) is 44.9 Å². The molecule has 1 rings (SSSR count). The lowest BCUT2D eigenvalue weighted by molar-refractivity contribution is 0.0727. The SMILES string of the molecule is COCCOC[C]1CCCCCCC1. The van der Waals surface area contributed by atoms with Gasteiger partial charge in [0.2, 0.25) is 0 Å². The summed E-state index contributed by atoms with van der Waals surface area (Å²) in [5.41, 5.74) is 0. The number of methoxy groups -OCH3 is 1. The summed E-state index contributed by atoms with van der Waals surface area (Å²) >= 11 is 0. The summed E-state index contributed by atoms with van der Waals surface area (Å²) in [6.45, 7) is 2.32. The maximum Gasteiger partial charge on any atom is 0.0700 e. The van der Waals surface area contributed by atoms with Crippen molar-refractivity contribution in [3.63, 3.8) is 0 Å². The van der Waals surface area contributed by atoms with Crippen molar-refractivity contribution in [1.29, 1.82) is 0 Å². The Morgan fingerprint density at radius 2 is 1.57 bits per heavy atom. The van der Waals surface area contributed by atoms with Crippen molar-refractivity contribution >= 4 is 0 Å². The van der Waals surface area contributed by atoms with E-state index < -0.39 is 0 Å². The highest BCUT2D eigenvalue weighted by Crippen LogP contribution is 2.23. The Morgan fingerprint density at radius 3 is 2.21 bits per heavy atom. The number of ether oxygens (including phenoxy) is 2. The maximum atomic E-state index is 5.55. The monoisotopic (exact) mass is 199 g/mol. The second-order valence-corrected chi connectivity index (χ2v) is 4.06. The standard InChI is InChI=1S/C12H23O2/c1-13-9-10-14-11-12-7-5-3-2-4-6-8-12/h2-11H2,1H3. The van der Waals surface area contributed by atoms with Gasteiger partial charge in [-0.2, -0.15) is 0 Å². The molecule has 1 radical (unpaired) electrons. The molecule has 0 unspecified atom stereocenters. The minimum Gasteiger partial charge on any atom is -0.382 e. The van der Waals surface area contributed by atoms with Crippen LogP contribution in [0.3, 0.4) is 0 Å². The lowest BCUT2D eigenvalue weighted by Gasteiger charge is -2.18. The lowest BCUT2D eigenvalue weighted by Crippen LogP contribution is -2.12. The summed E-state index contributed by atoms with van der Waals surface area (Å²) in [5.74, 6) is 1.61. The van der Waals surface area contributed by atoms with E-state index in [1.54, 1.807) is 13.0 Å². The summed E-state index contributed by atoms with van der Waals surface area (Å²) in [5, 5.41) is 0. The van der Waals surface area contributed by atoms with Gasteiger partial charge in [-0.05, 0) is 12.8 Å². The van der Waals surface area contributed by atoms with Crippen LogP contribution in [0.2, 0.25) is 0 Å². The first kappa shape index (κ1) is 12.0. The van der Waals surface area contributed by atoms with Gasteiger partial charge in [0, 0.05) is 13.0 Å². The molecular weight excluding hydrogens is 176 g/mol. The Labute approximate surface area is 88.0 Å². The Morgan fingerprint density at radius 1 is 0.929 bits per heavy atom. The molecule has 0 aromatic heterocycles. The Kier molecular flexibility index (Phi) is 7.06. The normalized spacial score (nSPS) is 20.4. The fourth-order valence-electron chi connectivity index (χ4n) is 1.91. The van der Waals surface area contributed by atoms with Gasteiger partial charge in [0.25, 0.3) is 0 Å². The van der Waals surface area contributed by atoms with E-state index in [-0.39, 0.29) is 0 Å². The molecule has 0 amide bonds. The first-order valence-electron chi connectivity index (χ1n) is 5.83. The van der Waals surface area contributed by atoms with Crippen molar-refractivity contribution in [2.24, 2.45) is 0 Å². The van der Waals surface area contributed by atoms with E-state index in [2.05, 4.69) is 0 Å². The average Bonchev–Trinajstić information content (AvgIpc) is 2.15. The largest absolute Gasteiger partial charge is 0.382 e. The van der Waals surface area contributed by atoms with Crippen molar-refractivity contribution < 1.29 is 9.47 Å². The van der Waals surface area contributed by atoms with Gasteiger partial charge >= 0.3 is 0 Å². The van der Waals surface area contributed by atoms with Crippen molar-refractivity contribution in [1.82, 2.24) is 0 Å². The van der Waals surface area contributed by atoms with E-state index >= 15 is 0 Å². The quantitative estimate of drug-likeness (QED) is 0.634. The third-order valence-corrected chi connectivity index (χ3v) is 2.80. The second-order valence-electron chi connectivity index (χ2n) is 4.06. The molecule has 1 fully saturated rings. The van der Waals surface area contributed by atoms with Gasteiger partial charge in [-0.3, -0.25) is 0 Å². The third-order valence-electron chi connectivity index (χ3n) is 2.80. The third kappa shape index (κ3) is 5.61. The van der Waals surface area contributed by atoms with E-state index in [0.717, 1.165) is 13.2 Å². The van der Waals surface area contributed by atoms with E-state index in [1.807, 2.05) is 0 Å². The van der Waals surface area contributed by atoms with Crippen LogP contribution in [-0.4, -0.2) is 26.9 Å². The van der Waals surface area contributed by atoms with Crippen LogP contribution in [0.5, 0.6) is 0 Å². The molecule has 0 heterocycles. The fraction of sp³-hybridized carbons (Fsp3) is 0.917. The number of rotatable bonds is 5. The topological polar surface area (TPSA) is 18.5 Å². The minimum atomic E-state index is 0.716. The zero-order valence-electron chi connectivity index (χ0n) is 9.39. The van der Waals surface area contributed by atoms with Crippen LogP contribution in [0.4, 0.5) is 0 Å². The van der Waals surface area contributed by atoms with Gasteiger partial charge in [-0.1, -0.05) is 32.1 Å². The maximum absolute atomic E-state index is 5.55. The van der Waals surface area contributed by atoms with Crippen LogP contribution in [0.25, 0.3) is 0 Å². The molecule has 0 saturated heterocycles. The van der Waals surface area contributed by atoms with Gasteiger partial charge < -0.3 is 9.47 Å². The van der Waals surface area contributed by atoms with Crippen LogP contribution in [0.15, 0.2) is 0 Å². The van der Waals surface area contributed by atoms with Crippen LogP contribution in [-0.2, 0) is 9.47 Å². The molecule has 0 N–H and O–H groups in total. The molecule has 14 heavy (non-hydrogen) atoms. The number of hydrogen-bond acceptors (Lipinski definition) is 2. The van der Waals surface area contributed by atoms with Crippen LogP contribution in [0.1, 0.15) is 44.9 Å². The smallest absolute Gasteiger partial charge is 0.0700 e. The highest BCUT2D eigenvalue weighted by molar-refractivity contribution is 4.90. The first-order valence-corrected chi connectivity index (χ1v) is 5.83. The van der Waals surface area contributed by atoms with E-state index in [9.17, 15) is 0 Å². The summed E-state index contributed by atoms with van der Waals surface area (Å²) < 4.78 is 10.5.